The average molecular weight is 369 g/mol. The molecule has 24 heavy (non-hydrogen) atoms. The summed E-state index contributed by atoms with van der Waals surface area (Å²) in [6.07, 6.45) is 1.06. The highest BCUT2D eigenvalue weighted by atomic mass is 32.2. The second kappa shape index (κ2) is 6.66. The van der Waals surface area contributed by atoms with E-state index in [1.165, 1.54) is 0 Å². The van der Waals surface area contributed by atoms with Crippen LogP contribution >= 0.6 is 11.3 Å². The molecular weight excluding hydrogens is 350 g/mol. The maximum absolute atomic E-state index is 12.5. The Morgan fingerprint density at radius 1 is 1.46 bits per heavy atom. The highest BCUT2D eigenvalue weighted by Gasteiger charge is 2.32. The zero-order valence-electron chi connectivity index (χ0n) is 13.5. The molecule has 0 unspecified atom stereocenters. The molecule has 3 rings (SSSR count). The van der Waals surface area contributed by atoms with E-state index in [2.05, 4.69) is 9.88 Å². The number of sulfonamides is 1. The Morgan fingerprint density at radius 3 is 2.92 bits per heavy atom. The predicted octanol–water partition coefficient (Wildman–Crippen LogP) is 2.00. The predicted molar refractivity (Wildman–Crippen MR) is 90.2 cm³/mol. The second-order valence-corrected chi connectivity index (χ2v) is 8.84. The van der Waals surface area contributed by atoms with Crippen LogP contribution in [0.2, 0.25) is 0 Å². The first-order valence-corrected chi connectivity index (χ1v) is 10.0. The van der Waals surface area contributed by atoms with Crippen LogP contribution in [0.5, 0.6) is 0 Å². The second-order valence-electron chi connectivity index (χ2n) is 5.81. The van der Waals surface area contributed by atoms with Crippen molar-refractivity contribution in [2.75, 3.05) is 13.1 Å². The topological polar surface area (TPSA) is 92.5 Å². The lowest BCUT2D eigenvalue weighted by Gasteiger charge is -2.15. The summed E-state index contributed by atoms with van der Waals surface area (Å²) in [5, 5.41) is 3.81. The molecule has 1 atom stereocenters. The SMILES string of the molecule is CCCN1C[C@@H](NS(=O)(=O)c2ccc(-c3cc(C)no3)s2)CC1=O. The molecule has 0 saturated carbocycles. The Bertz CT molecular complexity index is 841. The van der Waals surface area contributed by atoms with E-state index < -0.39 is 10.0 Å². The van der Waals surface area contributed by atoms with Crippen molar-refractivity contribution in [2.24, 2.45) is 0 Å². The van der Waals surface area contributed by atoms with Gasteiger partial charge in [-0.3, -0.25) is 4.79 Å². The third-order valence-electron chi connectivity index (χ3n) is 3.75. The van der Waals surface area contributed by atoms with Crippen molar-refractivity contribution in [2.45, 2.75) is 36.9 Å². The molecule has 130 valence electrons. The molecule has 1 aliphatic rings. The van der Waals surface area contributed by atoms with Crippen LogP contribution in [0.4, 0.5) is 0 Å². The molecule has 1 amide bonds. The molecule has 0 spiro atoms. The van der Waals surface area contributed by atoms with Crippen molar-refractivity contribution in [3.8, 4) is 10.6 Å². The van der Waals surface area contributed by atoms with Gasteiger partial charge in [0.2, 0.25) is 15.9 Å². The van der Waals surface area contributed by atoms with Crippen molar-refractivity contribution in [1.82, 2.24) is 14.8 Å². The van der Waals surface area contributed by atoms with Gasteiger partial charge in [0.05, 0.1) is 10.6 Å². The zero-order valence-corrected chi connectivity index (χ0v) is 15.1. The van der Waals surface area contributed by atoms with Gasteiger partial charge in [-0.15, -0.1) is 11.3 Å². The molecule has 1 aliphatic heterocycles. The lowest BCUT2D eigenvalue weighted by molar-refractivity contribution is -0.127. The van der Waals surface area contributed by atoms with Crippen LogP contribution in [-0.4, -0.2) is 43.5 Å². The number of amides is 1. The Labute approximate surface area is 144 Å². The number of rotatable bonds is 6. The lowest BCUT2D eigenvalue weighted by Crippen LogP contribution is -2.36. The molecule has 3 heterocycles. The minimum atomic E-state index is -3.66. The van der Waals surface area contributed by atoms with Gasteiger partial charge >= 0.3 is 0 Å². The third kappa shape index (κ3) is 3.52. The fraction of sp³-hybridized carbons (Fsp3) is 0.467. The van der Waals surface area contributed by atoms with Crippen LogP contribution < -0.4 is 4.72 Å². The van der Waals surface area contributed by atoms with Gasteiger partial charge in [0.15, 0.2) is 5.76 Å². The molecule has 0 aliphatic carbocycles. The number of carbonyl (C=O) groups excluding carboxylic acids is 1. The molecule has 1 fully saturated rings. The minimum absolute atomic E-state index is 0.00597. The molecule has 0 bridgehead atoms. The van der Waals surface area contributed by atoms with E-state index in [1.807, 2.05) is 6.92 Å². The third-order valence-corrected chi connectivity index (χ3v) is 6.86. The van der Waals surface area contributed by atoms with Gasteiger partial charge in [0.1, 0.15) is 4.21 Å². The minimum Gasteiger partial charge on any atom is -0.355 e. The average Bonchev–Trinajstić information content (AvgIpc) is 3.20. The van der Waals surface area contributed by atoms with Crippen LogP contribution in [0.1, 0.15) is 25.5 Å². The van der Waals surface area contributed by atoms with E-state index in [4.69, 9.17) is 4.52 Å². The van der Waals surface area contributed by atoms with Gasteiger partial charge in [-0.05, 0) is 25.5 Å². The Balaban J connectivity index is 1.72. The monoisotopic (exact) mass is 369 g/mol. The van der Waals surface area contributed by atoms with Gasteiger partial charge in [-0.2, -0.15) is 0 Å². The molecule has 0 aromatic carbocycles. The van der Waals surface area contributed by atoms with E-state index in [9.17, 15) is 13.2 Å². The highest BCUT2D eigenvalue weighted by Crippen LogP contribution is 2.31. The molecular formula is C15H19N3O4S2. The van der Waals surface area contributed by atoms with Gasteiger partial charge < -0.3 is 9.42 Å². The van der Waals surface area contributed by atoms with Gasteiger partial charge in [-0.1, -0.05) is 12.1 Å². The summed E-state index contributed by atoms with van der Waals surface area (Å²) >= 11 is 1.12. The fourth-order valence-corrected chi connectivity index (χ4v) is 5.19. The number of hydrogen-bond donors (Lipinski definition) is 1. The number of nitrogens with zero attached hydrogens (tertiary/aromatic N) is 2. The standard InChI is InChI=1S/C15H19N3O4S2/c1-3-6-18-9-11(8-14(18)19)17-24(20,21)15-5-4-13(23-15)12-7-10(2)16-22-12/h4-5,7,11,17H,3,6,8-9H2,1-2H3/t11-/m0/s1. The highest BCUT2D eigenvalue weighted by molar-refractivity contribution is 7.91. The summed E-state index contributed by atoms with van der Waals surface area (Å²) in [6, 6.07) is 4.61. The Kier molecular flexibility index (Phi) is 4.75. The van der Waals surface area contributed by atoms with Crippen LogP contribution in [0, 0.1) is 6.92 Å². The summed E-state index contributed by atoms with van der Waals surface area (Å²) in [6.45, 7) is 4.87. The first-order valence-electron chi connectivity index (χ1n) is 7.72. The maximum atomic E-state index is 12.5. The van der Waals surface area contributed by atoms with Crippen molar-refractivity contribution in [1.29, 1.82) is 0 Å². The quantitative estimate of drug-likeness (QED) is 0.841. The van der Waals surface area contributed by atoms with E-state index in [0.29, 0.717) is 23.7 Å². The van der Waals surface area contributed by atoms with E-state index in [0.717, 1.165) is 23.5 Å². The van der Waals surface area contributed by atoms with Gasteiger partial charge in [0, 0.05) is 31.6 Å². The van der Waals surface area contributed by atoms with Gasteiger partial charge in [-0.25, -0.2) is 13.1 Å². The number of aromatic nitrogens is 1. The zero-order chi connectivity index (χ0) is 17.3. The molecule has 0 radical (unpaired) electrons. The van der Waals surface area contributed by atoms with E-state index >= 15 is 0 Å². The summed E-state index contributed by atoms with van der Waals surface area (Å²) in [5.74, 6) is 0.540. The Hall–Kier alpha value is -1.71. The number of nitrogens with one attached hydrogen (secondary N) is 1. The van der Waals surface area contributed by atoms with Gasteiger partial charge in [0.25, 0.3) is 0 Å². The van der Waals surface area contributed by atoms with E-state index in [-0.39, 0.29) is 22.6 Å². The molecule has 7 nitrogen and oxygen atoms in total. The fourth-order valence-electron chi connectivity index (χ4n) is 2.69. The normalized spacial score (nSPS) is 18.5. The van der Waals surface area contributed by atoms with Crippen molar-refractivity contribution >= 4 is 27.3 Å². The number of likely N-dealkylation sites (tertiary alicyclic amines) is 1. The largest absolute Gasteiger partial charge is 0.355 e. The number of thiophene rings is 1. The Morgan fingerprint density at radius 2 is 2.25 bits per heavy atom. The lowest BCUT2D eigenvalue weighted by atomic mass is 10.3. The summed E-state index contributed by atoms with van der Waals surface area (Å²) in [4.78, 5) is 14.3. The van der Waals surface area contributed by atoms with Crippen molar-refractivity contribution in [3.63, 3.8) is 0 Å². The van der Waals surface area contributed by atoms with Crippen LogP contribution in [-0.2, 0) is 14.8 Å². The number of aryl methyl sites for hydroxylation is 1. The van der Waals surface area contributed by atoms with Crippen LogP contribution in [0.3, 0.4) is 0 Å². The molecule has 1 saturated heterocycles. The smallest absolute Gasteiger partial charge is 0.250 e. The first-order chi connectivity index (χ1) is 11.4. The molecule has 1 N–H and O–H groups in total. The molecule has 2 aromatic rings. The molecule has 9 heteroatoms. The number of carbonyl (C=O) groups is 1. The summed E-state index contributed by atoms with van der Waals surface area (Å²) in [7, 11) is -3.66. The van der Waals surface area contributed by atoms with Crippen LogP contribution in [0.25, 0.3) is 10.6 Å². The molecule has 2 aromatic heterocycles. The van der Waals surface area contributed by atoms with Crippen LogP contribution in [0.15, 0.2) is 26.9 Å². The van der Waals surface area contributed by atoms with E-state index in [1.54, 1.807) is 30.0 Å². The van der Waals surface area contributed by atoms with Crippen molar-refractivity contribution in [3.05, 3.63) is 23.9 Å². The number of hydrogen-bond acceptors (Lipinski definition) is 6. The maximum Gasteiger partial charge on any atom is 0.250 e. The first kappa shape index (κ1) is 17.1. The van der Waals surface area contributed by atoms with Crippen molar-refractivity contribution < 1.29 is 17.7 Å². The summed E-state index contributed by atoms with van der Waals surface area (Å²) < 4.78 is 33.1. The summed E-state index contributed by atoms with van der Waals surface area (Å²) in [5.41, 5.74) is 0.737.